The molecule has 6 heteroatoms. The molecule has 0 aliphatic carbocycles. The third-order valence-corrected chi connectivity index (χ3v) is 3.81. The molecule has 0 aliphatic rings. The number of hydrogen-bond donors (Lipinski definition) is 1. The lowest BCUT2D eigenvalue weighted by atomic mass is 10.2. The van der Waals surface area contributed by atoms with Gasteiger partial charge in [0, 0.05) is 10.6 Å². The molecule has 0 saturated heterocycles. The Balaban J connectivity index is 2.29. The summed E-state index contributed by atoms with van der Waals surface area (Å²) in [4.78, 5) is 5.14. The minimum absolute atomic E-state index is 0.0550. The first-order chi connectivity index (χ1) is 9.61. The molecule has 0 atom stereocenters. The molecular formula is C14H11F2N3S. The fourth-order valence-corrected chi connectivity index (χ4v) is 2.52. The highest BCUT2D eigenvalue weighted by Crippen LogP contribution is 2.27. The van der Waals surface area contributed by atoms with Crippen molar-refractivity contribution < 1.29 is 8.78 Å². The highest BCUT2D eigenvalue weighted by atomic mass is 32.2. The van der Waals surface area contributed by atoms with Crippen molar-refractivity contribution in [1.29, 1.82) is 0 Å². The summed E-state index contributed by atoms with van der Waals surface area (Å²) in [6.07, 6.45) is 1.96. The van der Waals surface area contributed by atoms with Gasteiger partial charge in [-0.05, 0) is 42.7 Å². The van der Waals surface area contributed by atoms with Gasteiger partial charge in [0.1, 0.15) is 5.52 Å². The van der Waals surface area contributed by atoms with E-state index in [1.807, 2.05) is 18.4 Å². The third kappa shape index (κ3) is 1.92. The largest absolute Gasteiger partial charge is 0.369 e. The van der Waals surface area contributed by atoms with E-state index in [4.69, 9.17) is 5.73 Å². The zero-order chi connectivity index (χ0) is 14.3. The highest BCUT2D eigenvalue weighted by Gasteiger charge is 2.17. The molecule has 0 fully saturated rings. The number of hydrogen-bond acceptors (Lipinski definition) is 3. The van der Waals surface area contributed by atoms with Crippen LogP contribution in [0.2, 0.25) is 0 Å². The van der Waals surface area contributed by atoms with Gasteiger partial charge in [-0.25, -0.2) is 13.8 Å². The monoisotopic (exact) mass is 291 g/mol. The second-order valence-electron chi connectivity index (χ2n) is 4.23. The smallest absolute Gasteiger partial charge is 0.206 e. The van der Waals surface area contributed by atoms with E-state index in [0.29, 0.717) is 11.2 Å². The minimum Gasteiger partial charge on any atom is -0.369 e. The topological polar surface area (TPSA) is 43.8 Å². The minimum atomic E-state index is -0.944. The van der Waals surface area contributed by atoms with Gasteiger partial charge >= 0.3 is 0 Å². The maximum atomic E-state index is 14.0. The van der Waals surface area contributed by atoms with Gasteiger partial charge in [0.25, 0.3) is 0 Å². The number of halogens is 2. The lowest BCUT2D eigenvalue weighted by Crippen LogP contribution is -2.02. The average Bonchev–Trinajstić information content (AvgIpc) is 2.80. The molecule has 0 bridgehead atoms. The molecule has 102 valence electrons. The Hall–Kier alpha value is -2.08. The number of aromatic nitrogens is 2. The Morgan fingerprint density at radius 3 is 2.45 bits per heavy atom. The molecule has 0 radical (unpaired) electrons. The van der Waals surface area contributed by atoms with Gasteiger partial charge < -0.3 is 5.73 Å². The van der Waals surface area contributed by atoms with Gasteiger partial charge in [-0.15, -0.1) is 11.8 Å². The number of nitrogens with zero attached hydrogens (tertiary/aromatic N) is 2. The zero-order valence-electron chi connectivity index (χ0n) is 10.6. The first kappa shape index (κ1) is 12.9. The zero-order valence-corrected chi connectivity index (χ0v) is 11.4. The van der Waals surface area contributed by atoms with Crippen LogP contribution in [0, 0.1) is 11.6 Å². The Morgan fingerprint density at radius 2 is 1.80 bits per heavy atom. The molecule has 1 heterocycles. The van der Waals surface area contributed by atoms with Crippen LogP contribution in [0.3, 0.4) is 0 Å². The van der Waals surface area contributed by atoms with Crippen molar-refractivity contribution in [3.63, 3.8) is 0 Å². The predicted octanol–water partition coefficient (Wildman–Crippen LogP) is 3.61. The van der Waals surface area contributed by atoms with Gasteiger partial charge in [-0.3, -0.25) is 4.57 Å². The van der Waals surface area contributed by atoms with Crippen LogP contribution >= 0.6 is 11.8 Å². The van der Waals surface area contributed by atoms with Crippen molar-refractivity contribution in [1.82, 2.24) is 9.55 Å². The van der Waals surface area contributed by atoms with Gasteiger partial charge in [0.15, 0.2) is 11.6 Å². The summed E-state index contributed by atoms with van der Waals surface area (Å²) in [5, 5.41) is 0. The Bertz CT molecular complexity index is 781. The molecule has 2 N–H and O–H groups in total. The van der Waals surface area contributed by atoms with Crippen LogP contribution in [0.1, 0.15) is 0 Å². The van der Waals surface area contributed by atoms with Crippen LogP contribution in [-0.2, 0) is 0 Å². The summed E-state index contributed by atoms with van der Waals surface area (Å²) in [5.41, 5.74) is 6.86. The van der Waals surface area contributed by atoms with Crippen molar-refractivity contribution in [2.75, 3.05) is 12.0 Å². The van der Waals surface area contributed by atoms with E-state index in [-0.39, 0.29) is 11.5 Å². The number of benzene rings is 2. The van der Waals surface area contributed by atoms with Crippen LogP contribution in [0.25, 0.3) is 16.7 Å². The quantitative estimate of drug-likeness (QED) is 0.734. The lowest BCUT2D eigenvalue weighted by molar-refractivity contribution is 0.514. The van der Waals surface area contributed by atoms with E-state index in [9.17, 15) is 8.78 Å². The Kier molecular flexibility index (Phi) is 3.10. The SMILES string of the molecule is CSc1ccc(-n2c(N)nc3ccc(F)c(F)c32)cc1. The summed E-state index contributed by atoms with van der Waals surface area (Å²) in [7, 11) is 0. The molecule has 3 nitrogen and oxygen atoms in total. The number of fused-ring (bicyclic) bond motifs is 1. The second kappa shape index (κ2) is 4.79. The summed E-state index contributed by atoms with van der Waals surface area (Å²) in [6, 6.07) is 9.84. The number of nitrogens with two attached hydrogens (primary N) is 1. The van der Waals surface area contributed by atoms with Crippen LogP contribution in [-0.4, -0.2) is 15.8 Å². The molecule has 20 heavy (non-hydrogen) atoms. The summed E-state index contributed by atoms with van der Waals surface area (Å²) < 4.78 is 28.8. The standard InChI is InChI=1S/C14H11F2N3S/c1-20-9-4-2-8(3-5-9)19-13-11(18-14(19)17)7-6-10(15)12(13)16/h2-7H,1H3,(H2,17,18). The van der Waals surface area contributed by atoms with Crippen molar-refractivity contribution in [3.05, 3.63) is 48.0 Å². The van der Waals surface area contributed by atoms with E-state index in [1.54, 1.807) is 23.9 Å². The van der Waals surface area contributed by atoms with E-state index in [1.165, 1.54) is 10.6 Å². The van der Waals surface area contributed by atoms with Crippen LogP contribution < -0.4 is 5.73 Å². The normalized spacial score (nSPS) is 11.2. The molecule has 3 rings (SSSR count). The summed E-state index contributed by atoms with van der Waals surface area (Å²) in [5.74, 6) is -1.73. The molecule has 3 aromatic rings. The predicted molar refractivity (Wildman–Crippen MR) is 77.2 cm³/mol. The van der Waals surface area contributed by atoms with Crippen molar-refractivity contribution in [3.8, 4) is 5.69 Å². The maximum Gasteiger partial charge on any atom is 0.206 e. The number of rotatable bonds is 2. The van der Waals surface area contributed by atoms with Gasteiger partial charge in [-0.2, -0.15) is 0 Å². The van der Waals surface area contributed by atoms with Crippen molar-refractivity contribution >= 4 is 28.7 Å². The van der Waals surface area contributed by atoms with E-state index < -0.39 is 11.6 Å². The molecule has 0 saturated carbocycles. The molecule has 0 aliphatic heterocycles. The third-order valence-electron chi connectivity index (χ3n) is 3.07. The van der Waals surface area contributed by atoms with Gasteiger partial charge in [0.2, 0.25) is 5.95 Å². The number of anilines is 1. The lowest BCUT2D eigenvalue weighted by Gasteiger charge is -2.08. The fraction of sp³-hybridized carbons (Fsp3) is 0.0714. The van der Waals surface area contributed by atoms with Crippen molar-refractivity contribution in [2.24, 2.45) is 0 Å². The van der Waals surface area contributed by atoms with E-state index >= 15 is 0 Å². The summed E-state index contributed by atoms with van der Waals surface area (Å²) in [6.45, 7) is 0. The van der Waals surface area contributed by atoms with Crippen molar-refractivity contribution in [2.45, 2.75) is 4.90 Å². The fourth-order valence-electron chi connectivity index (χ4n) is 2.11. The van der Waals surface area contributed by atoms with Crippen LogP contribution in [0.4, 0.5) is 14.7 Å². The Morgan fingerprint density at radius 1 is 1.10 bits per heavy atom. The Labute approximate surface area is 118 Å². The van der Waals surface area contributed by atoms with Gasteiger partial charge in [-0.1, -0.05) is 0 Å². The number of thioether (sulfide) groups is 1. The average molecular weight is 291 g/mol. The highest BCUT2D eigenvalue weighted by molar-refractivity contribution is 7.98. The maximum absolute atomic E-state index is 14.0. The first-order valence-electron chi connectivity index (χ1n) is 5.88. The van der Waals surface area contributed by atoms with Crippen LogP contribution in [0.5, 0.6) is 0 Å². The molecule has 2 aromatic carbocycles. The van der Waals surface area contributed by atoms with Crippen LogP contribution in [0.15, 0.2) is 41.3 Å². The first-order valence-corrected chi connectivity index (χ1v) is 7.10. The number of nitrogen functional groups attached to an aromatic ring is 1. The summed E-state index contributed by atoms with van der Waals surface area (Å²) >= 11 is 1.60. The van der Waals surface area contributed by atoms with E-state index in [2.05, 4.69) is 4.98 Å². The second-order valence-corrected chi connectivity index (χ2v) is 5.11. The van der Waals surface area contributed by atoms with E-state index in [0.717, 1.165) is 11.0 Å². The molecular weight excluding hydrogens is 280 g/mol. The molecule has 0 unspecified atom stereocenters. The molecule has 0 spiro atoms. The molecule has 1 aromatic heterocycles. The van der Waals surface area contributed by atoms with Gasteiger partial charge in [0.05, 0.1) is 5.52 Å². The molecule has 0 amide bonds. The number of imidazole rings is 1.